The lowest BCUT2D eigenvalue weighted by atomic mass is 9.86. The number of thiophene rings is 1. The van der Waals surface area contributed by atoms with Gasteiger partial charge in [0.05, 0.1) is 5.92 Å². The zero-order valence-electron chi connectivity index (χ0n) is 11.1. The average molecular weight is 266 g/mol. The Hall–Kier alpha value is -0.870. The average Bonchev–Trinajstić information content (AvgIpc) is 2.82. The number of nitrogens with two attached hydrogens (primary N) is 1. The highest BCUT2D eigenvalue weighted by Crippen LogP contribution is 2.35. The van der Waals surface area contributed by atoms with Crippen LogP contribution in [0.15, 0.2) is 11.4 Å². The standard InChI is InChI=1S/C14H22N2OS/c1-9(2)12(8-15)16-14(17)11-4-3-5-13-10(11)6-7-18-13/h6-7,9,11-12H,3-5,8,15H2,1-2H3,(H,16,17). The Labute approximate surface area is 113 Å². The van der Waals surface area contributed by atoms with Crippen LogP contribution in [-0.4, -0.2) is 18.5 Å². The minimum atomic E-state index is 0.0350. The van der Waals surface area contributed by atoms with Crippen LogP contribution < -0.4 is 11.1 Å². The fourth-order valence-corrected chi connectivity index (χ4v) is 3.53. The first-order valence-corrected chi connectivity index (χ1v) is 7.58. The quantitative estimate of drug-likeness (QED) is 0.878. The largest absolute Gasteiger partial charge is 0.351 e. The fraction of sp³-hybridized carbons (Fsp3) is 0.643. The Balaban J connectivity index is 2.07. The molecule has 2 atom stereocenters. The number of carbonyl (C=O) groups excluding carboxylic acids is 1. The first kappa shape index (κ1) is 13.6. The summed E-state index contributed by atoms with van der Waals surface area (Å²) in [6.07, 6.45) is 3.20. The van der Waals surface area contributed by atoms with Crippen molar-refractivity contribution in [2.75, 3.05) is 6.54 Å². The van der Waals surface area contributed by atoms with E-state index in [0.717, 1.165) is 19.3 Å². The van der Waals surface area contributed by atoms with Crippen molar-refractivity contribution in [2.24, 2.45) is 11.7 Å². The van der Waals surface area contributed by atoms with Gasteiger partial charge < -0.3 is 11.1 Å². The Morgan fingerprint density at radius 1 is 1.61 bits per heavy atom. The number of hydrogen-bond donors (Lipinski definition) is 2. The molecule has 2 unspecified atom stereocenters. The minimum absolute atomic E-state index is 0.0350. The summed E-state index contributed by atoms with van der Waals surface area (Å²) < 4.78 is 0. The van der Waals surface area contributed by atoms with E-state index < -0.39 is 0 Å². The second-order valence-corrected chi connectivity index (χ2v) is 6.34. The molecule has 0 fully saturated rings. The number of nitrogens with one attached hydrogen (secondary N) is 1. The van der Waals surface area contributed by atoms with E-state index in [-0.39, 0.29) is 17.9 Å². The van der Waals surface area contributed by atoms with Crippen LogP contribution in [0.3, 0.4) is 0 Å². The van der Waals surface area contributed by atoms with Crippen LogP contribution in [-0.2, 0) is 11.2 Å². The van der Waals surface area contributed by atoms with Crippen molar-refractivity contribution in [3.05, 3.63) is 21.9 Å². The molecule has 1 heterocycles. The summed E-state index contributed by atoms with van der Waals surface area (Å²) in [5.41, 5.74) is 6.95. The van der Waals surface area contributed by atoms with Crippen molar-refractivity contribution in [2.45, 2.75) is 45.1 Å². The van der Waals surface area contributed by atoms with Gasteiger partial charge in [-0.2, -0.15) is 0 Å². The van der Waals surface area contributed by atoms with E-state index in [9.17, 15) is 4.79 Å². The second-order valence-electron chi connectivity index (χ2n) is 5.34. The molecule has 0 aliphatic heterocycles. The minimum Gasteiger partial charge on any atom is -0.351 e. The highest BCUT2D eigenvalue weighted by molar-refractivity contribution is 7.10. The van der Waals surface area contributed by atoms with Crippen molar-refractivity contribution in [1.29, 1.82) is 0 Å². The predicted octanol–water partition coefficient (Wildman–Crippen LogP) is 2.27. The zero-order valence-corrected chi connectivity index (χ0v) is 11.9. The van der Waals surface area contributed by atoms with Crippen LogP contribution in [0.4, 0.5) is 0 Å². The molecular weight excluding hydrogens is 244 g/mol. The Kier molecular flexibility index (Phi) is 4.40. The number of hydrogen-bond acceptors (Lipinski definition) is 3. The molecule has 3 N–H and O–H groups in total. The third kappa shape index (κ3) is 2.75. The molecule has 1 aromatic rings. The first-order chi connectivity index (χ1) is 8.63. The van der Waals surface area contributed by atoms with Crippen molar-refractivity contribution in [1.82, 2.24) is 5.32 Å². The maximum absolute atomic E-state index is 12.4. The first-order valence-electron chi connectivity index (χ1n) is 6.70. The fourth-order valence-electron chi connectivity index (χ4n) is 2.54. The molecule has 2 rings (SSSR count). The molecule has 0 radical (unpaired) electrons. The summed E-state index contributed by atoms with van der Waals surface area (Å²) in [5, 5.41) is 5.20. The third-order valence-electron chi connectivity index (χ3n) is 3.75. The van der Waals surface area contributed by atoms with Crippen molar-refractivity contribution in [3.63, 3.8) is 0 Å². The number of carbonyl (C=O) groups is 1. The van der Waals surface area contributed by atoms with E-state index in [4.69, 9.17) is 5.73 Å². The molecule has 1 amide bonds. The molecule has 100 valence electrons. The molecular formula is C14H22N2OS. The summed E-state index contributed by atoms with van der Waals surface area (Å²) >= 11 is 1.77. The van der Waals surface area contributed by atoms with Gasteiger partial charge in [0.2, 0.25) is 5.91 Å². The molecule has 1 aliphatic carbocycles. The molecule has 0 saturated carbocycles. The van der Waals surface area contributed by atoms with Gasteiger partial charge in [-0.05, 0) is 42.2 Å². The van der Waals surface area contributed by atoms with Gasteiger partial charge in [0.25, 0.3) is 0 Å². The molecule has 1 aromatic heterocycles. The molecule has 0 saturated heterocycles. The molecule has 3 nitrogen and oxygen atoms in total. The summed E-state index contributed by atoms with van der Waals surface area (Å²) in [6, 6.07) is 2.19. The summed E-state index contributed by atoms with van der Waals surface area (Å²) in [7, 11) is 0. The Bertz CT molecular complexity index is 414. The Morgan fingerprint density at radius 3 is 3.06 bits per heavy atom. The molecule has 0 spiro atoms. The lowest BCUT2D eigenvalue weighted by molar-refractivity contribution is -0.123. The van der Waals surface area contributed by atoms with Gasteiger partial charge in [-0.15, -0.1) is 11.3 Å². The highest BCUT2D eigenvalue weighted by Gasteiger charge is 2.28. The highest BCUT2D eigenvalue weighted by atomic mass is 32.1. The van der Waals surface area contributed by atoms with Crippen molar-refractivity contribution < 1.29 is 4.79 Å². The predicted molar refractivity (Wildman–Crippen MR) is 75.8 cm³/mol. The van der Waals surface area contributed by atoms with E-state index in [1.165, 1.54) is 10.4 Å². The van der Waals surface area contributed by atoms with Crippen LogP contribution in [0.2, 0.25) is 0 Å². The third-order valence-corrected chi connectivity index (χ3v) is 4.75. The van der Waals surface area contributed by atoms with Gasteiger partial charge in [0.15, 0.2) is 0 Å². The van der Waals surface area contributed by atoms with Crippen molar-refractivity contribution in [3.8, 4) is 0 Å². The van der Waals surface area contributed by atoms with E-state index in [0.29, 0.717) is 12.5 Å². The number of aryl methyl sites for hydroxylation is 1. The lowest BCUT2D eigenvalue weighted by Crippen LogP contribution is -2.45. The molecule has 18 heavy (non-hydrogen) atoms. The number of rotatable bonds is 4. The monoisotopic (exact) mass is 266 g/mol. The number of fused-ring (bicyclic) bond motifs is 1. The van der Waals surface area contributed by atoms with E-state index >= 15 is 0 Å². The summed E-state index contributed by atoms with van der Waals surface area (Å²) in [6.45, 7) is 4.69. The molecule has 4 heteroatoms. The van der Waals surface area contributed by atoms with E-state index in [1.54, 1.807) is 11.3 Å². The van der Waals surface area contributed by atoms with Crippen LogP contribution in [0.1, 0.15) is 43.0 Å². The van der Waals surface area contributed by atoms with Gasteiger partial charge in [0.1, 0.15) is 0 Å². The van der Waals surface area contributed by atoms with Gasteiger partial charge in [0, 0.05) is 17.5 Å². The maximum atomic E-state index is 12.4. The summed E-state index contributed by atoms with van der Waals surface area (Å²) in [4.78, 5) is 13.8. The molecule has 1 aliphatic rings. The van der Waals surface area contributed by atoms with Crippen LogP contribution in [0.25, 0.3) is 0 Å². The zero-order chi connectivity index (χ0) is 13.1. The smallest absolute Gasteiger partial charge is 0.227 e. The van der Waals surface area contributed by atoms with Gasteiger partial charge >= 0.3 is 0 Å². The second kappa shape index (κ2) is 5.85. The normalized spacial score (nSPS) is 20.6. The Morgan fingerprint density at radius 2 is 2.39 bits per heavy atom. The van der Waals surface area contributed by atoms with Crippen LogP contribution in [0, 0.1) is 5.92 Å². The van der Waals surface area contributed by atoms with Gasteiger partial charge in [-0.25, -0.2) is 0 Å². The molecule has 0 aromatic carbocycles. The van der Waals surface area contributed by atoms with Crippen molar-refractivity contribution >= 4 is 17.2 Å². The van der Waals surface area contributed by atoms with Gasteiger partial charge in [-0.3, -0.25) is 4.79 Å². The summed E-state index contributed by atoms with van der Waals surface area (Å²) in [5.74, 6) is 0.566. The van der Waals surface area contributed by atoms with Gasteiger partial charge in [-0.1, -0.05) is 13.8 Å². The SMILES string of the molecule is CC(C)C(CN)NC(=O)C1CCCc2sccc21. The topological polar surface area (TPSA) is 55.1 Å². The maximum Gasteiger partial charge on any atom is 0.227 e. The van der Waals surface area contributed by atoms with E-state index in [1.807, 2.05) is 0 Å². The molecule has 0 bridgehead atoms. The number of amides is 1. The lowest BCUT2D eigenvalue weighted by Gasteiger charge is -2.26. The van der Waals surface area contributed by atoms with E-state index in [2.05, 4.69) is 30.6 Å². The van der Waals surface area contributed by atoms with Crippen LogP contribution in [0.5, 0.6) is 0 Å². The van der Waals surface area contributed by atoms with Crippen LogP contribution >= 0.6 is 11.3 Å².